The summed E-state index contributed by atoms with van der Waals surface area (Å²) in [6.45, 7) is 1.63. The van der Waals surface area contributed by atoms with E-state index in [-0.39, 0.29) is 11.9 Å². The molecule has 0 aromatic carbocycles. The van der Waals surface area contributed by atoms with Crippen LogP contribution < -0.4 is 5.73 Å². The van der Waals surface area contributed by atoms with Gasteiger partial charge in [-0.15, -0.1) is 0 Å². The van der Waals surface area contributed by atoms with Gasteiger partial charge in [0.2, 0.25) is 5.91 Å². The molecule has 2 fully saturated rings. The number of nitrogens with zero attached hydrogens (tertiary/aromatic N) is 3. The summed E-state index contributed by atoms with van der Waals surface area (Å²) in [6, 6.07) is 0.216. The van der Waals surface area contributed by atoms with Gasteiger partial charge in [0.05, 0.1) is 0 Å². The van der Waals surface area contributed by atoms with Crippen molar-refractivity contribution in [2.24, 2.45) is 11.7 Å². The van der Waals surface area contributed by atoms with Crippen molar-refractivity contribution in [2.75, 3.05) is 13.1 Å². The van der Waals surface area contributed by atoms with E-state index in [1.165, 1.54) is 12.7 Å². The van der Waals surface area contributed by atoms with Crippen LogP contribution in [0.3, 0.4) is 0 Å². The molecule has 1 aromatic heterocycles. The van der Waals surface area contributed by atoms with Crippen molar-refractivity contribution >= 4 is 5.91 Å². The Morgan fingerprint density at radius 3 is 3.00 bits per heavy atom. The largest absolute Gasteiger partial charge is 0.342 e. The van der Waals surface area contributed by atoms with E-state index in [1.54, 1.807) is 0 Å². The molecule has 0 radical (unpaired) electrons. The number of rotatable bonds is 3. The molecule has 1 aromatic rings. The molecule has 6 nitrogen and oxygen atoms in total. The fourth-order valence-electron chi connectivity index (χ4n) is 3.51. The highest BCUT2D eigenvalue weighted by molar-refractivity contribution is 5.76. The number of aromatic nitrogens is 3. The van der Waals surface area contributed by atoms with Gasteiger partial charge >= 0.3 is 0 Å². The van der Waals surface area contributed by atoms with Crippen molar-refractivity contribution in [3.05, 3.63) is 12.2 Å². The molecular weight excluding hydrogens is 254 g/mol. The van der Waals surface area contributed by atoms with Crippen molar-refractivity contribution in [3.8, 4) is 0 Å². The lowest BCUT2D eigenvalue weighted by Gasteiger charge is -2.32. The van der Waals surface area contributed by atoms with Crippen LogP contribution in [0, 0.1) is 5.92 Å². The van der Waals surface area contributed by atoms with Crippen molar-refractivity contribution in [2.45, 2.75) is 50.5 Å². The predicted octanol–water partition coefficient (Wildman–Crippen LogP) is 1.03. The molecule has 3 atom stereocenters. The minimum absolute atomic E-state index is 0.216. The number of nitrogens with one attached hydrogen (secondary N) is 1. The fraction of sp³-hybridized carbons (Fsp3) is 0.786. The lowest BCUT2D eigenvalue weighted by atomic mass is 9.95. The fourth-order valence-corrected chi connectivity index (χ4v) is 3.51. The number of hydrogen-bond acceptors (Lipinski definition) is 4. The van der Waals surface area contributed by atoms with Crippen LogP contribution in [0.2, 0.25) is 0 Å². The van der Waals surface area contributed by atoms with E-state index < -0.39 is 0 Å². The summed E-state index contributed by atoms with van der Waals surface area (Å²) in [5, 5.41) is 6.83. The van der Waals surface area contributed by atoms with Crippen molar-refractivity contribution < 1.29 is 4.79 Å². The van der Waals surface area contributed by atoms with Crippen molar-refractivity contribution in [3.63, 3.8) is 0 Å². The molecule has 3 rings (SSSR count). The van der Waals surface area contributed by atoms with Gasteiger partial charge in [-0.25, -0.2) is 4.98 Å². The highest BCUT2D eigenvalue weighted by Gasteiger charge is 2.31. The van der Waals surface area contributed by atoms with Crippen LogP contribution in [0.1, 0.15) is 50.3 Å². The van der Waals surface area contributed by atoms with Crippen molar-refractivity contribution in [1.29, 1.82) is 0 Å². The van der Waals surface area contributed by atoms with Gasteiger partial charge in [0.15, 0.2) is 0 Å². The van der Waals surface area contributed by atoms with Crippen LogP contribution in [0.4, 0.5) is 0 Å². The average molecular weight is 277 g/mol. The van der Waals surface area contributed by atoms with E-state index in [9.17, 15) is 4.79 Å². The summed E-state index contributed by atoms with van der Waals surface area (Å²) in [5.74, 6) is 1.84. The lowest BCUT2D eigenvalue weighted by molar-refractivity contribution is -0.133. The highest BCUT2D eigenvalue weighted by atomic mass is 16.2. The molecule has 1 saturated carbocycles. The normalized spacial score (nSPS) is 30.6. The number of nitrogens with two attached hydrogens (primary N) is 1. The minimum atomic E-state index is 0.216. The first-order chi connectivity index (χ1) is 9.74. The van der Waals surface area contributed by atoms with Crippen LogP contribution in [-0.2, 0) is 4.79 Å². The number of aromatic amines is 1. The number of amides is 1. The Hall–Kier alpha value is -1.43. The van der Waals surface area contributed by atoms with Crippen LogP contribution in [-0.4, -0.2) is 45.1 Å². The number of hydrogen-bond donors (Lipinski definition) is 2. The molecule has 6 heteroatoms. The SMILES string of the molecule is N[C@@H]1CCC[C@H]1CC(=O)N1CCCC(c2ncn[nH]2)C1. The van der Waals surface area contributed by atoms with Gasteiger partial charge < -0.3 is 10.6 Å². The Bertz CT molecular complexity index is 446. The van der Waals surface area contributed by atoms with Gasteiger partial charge in [-0.2, -0.15) is 5.10 Å². The molecule has 0 spiro atoms. The van der Waals surface area contributed by atoms with Crippen LogP contribution in [0.5, 0.6) is 0 Å². The van der Waals surface area contributed by atoms with E-state index in [0.29, 0.717) is 18.3 Å². The molecule has 1 unspecified atom stereocenters. The quantitative estimate of drug-likeness (QED) is 0.863. The smallest absolute Gasteiger partial charge is 0.222 e. The van der Waals surface area contributed by atoms with E-state index in [1.807, 2.05) is 4.90 Å². The molecule has 1 aliphatic carbocycles. The number of H-pyrrole nitrogens is 1. The Balaban J connectivity index is 1.57. The molecule has 1 saturated heterocycles. The molecule has 110 valence electrons. The topological polar surface area (TPSA) is 87.9 Å². The number of carbonyl (C=O) groups excluding carboxylic acids is 1. The van der Waals surface area contributed by atoms with Crippen LogP contribution in [0.25, 0.3) is 0 Å². The van der Waals surface area contributed by atoms with Crippen LogP contribution in [0.15, 0.2) is 6.33 Å². The summed E-state index contributed by atoms with van der Waals surface area (Å²) < 4.78 is 0. The molecule has 1 aliphatic heterocycles. The van der Waals surface area contributed by atoms with E-state index in [2.05, 4.69) is 15.2 Å². The molecule has 2 heterocycles. The minimum Gasteiger partial charge on any atom is -0.342 e. The number of piperidine rings is 1. The Labute approximate surface area is 119 Å². The third-order valence-corrected chi connectivity index (χ3v) is 4.75. The zero-order chi connectivity index (χ0) is 13.9. The lowest BCUT2D eigenvalue weighted by Crippen LogP contribution is -2.41. The summed E-state index contributed by atoms with van der Waals surface area (Å²) in [7, 11) is 0. The first kappa shape index (κ1) is 13.5. The molecule has 1 amide bonds. The van der Waals surface area contributed by atoms with Gasteiger partial charge in [0, 0.05) is 31.5 Å². The van der Waals surface area contributed by atoms with Gasteiger partial charge in [0.25, 0.3) is 0 Å². The van der Waals surface area contributed by atoms with E-state index in [4.69, 9.17) is 5.73 Å². The maximum atomic E-state index is 12.4. The molecule has 2 aliphatic rings. The maximum absolute atomic E-state index is 12.4. The van der Waals surface area contributed by atoms with E-state index in [0.717, 1.165) is 44.6 Å². The zero-order valence-corrected chi connectivity index (χ0v) is 11.8. The van der Waals surface area contributed by atoms with Gasteiger partial charge in [0.1, 0.15) is 12.2 Å². The second-order valence-corrected chi connectivity index (χ2v) is 6.11. The Morgan fingerprint density at radius 2 is 2.30 bits per heavy atom. The van der Waals surface area contributed by atoms with E-state index >= 15 is 0 Å². The standard InChI is InChI=1S/C14H23N5O/c15-12-5-1-3-10(12)7-13(20)19-6-2-4-11(8-19)14-16-9-17-18-14/h9-12H,1-8,15H2,(H,16,17,18)/t10-,11?,12+/m0/s1. The van der Waals surface area contributed by atoms with Gasteiger partial charge in [-0.05, 0) is 31.6 Å². The van der Waals surface area contributed by atoms with Gasteiger partial charge in [-0.3, -0.25) is 9.89 Å². The van der Waals surface area contributed by atoms with Crippen LogP contribution >= 0.6 is 0 Å². The number of likely N-dealkylation sites (tertiary alicyclic amines) is 1. The second-order valence-electron chi connectivity index (χ2n) is 6.11. The highest BCUT2D eigenvalue weighted by Crippen LogP contribution is 2.29. The second kappa shape index (κ2) is 5.91. The molecular formula is C14H23N5O. The molecule has 3 N–H and O–H groups in total. The third-order valence-electron chi connectivity index (χ3n) is 4.75. The summed E-state index contributed by atoms with van der Waals surface area (Å²) in [5.41, 5.74) is 6.07. The third kappa shape index (κ3) is 2.85. The van der Waals surface area contributed by atoms with Gasteiger partial charge in [-0.1, -0.05) is 6.42 Å². The molecule has 0 bridgehead atoms. The summed E-state index contributed by atoms with van der Waals surface area (Å²) in [4.78, 5) is 18.7. The number of carbonyl (C=O) groups is 1. The average Bonchev–Trinajstić information content (AvgIpc) is 3.12. The zero-order valence-electron chi connectivity index (χ0n) is 11.8. The first-order valence-corrected chi connectivity index (χ1v) is 7.62. The summed E-state index contributed by atoms with van der Waals surface area (Å²) in [6.07, 6.45) is 7.60. The van der Waals surface area contributed by atoms with Crippen molar-refractivity contribution in [1.82, 2.24) is 20.1 Å². The monoisotopic (exact) mass is 277 g/mol. The first-order valence-electron chi connectivity index (χ1n) is 7.62. The Morgan fingerprint density at radius 1 is 1.40 bits per heavy atom. The maximum Gasteiger partial charge on any atom is 0.222 e. The predicted molar refractivity (Wildman–Crippen MR) is 74.9 cm³/mol. The summed E-state index contributed by atoms with van der Waals surface area (Å²) >= 11 is 0. The molecule has 20 heavy (non-hydrogen) atoms. The Kier molecular flexibility index (Phi) is 4.00.